The van der Waals surface area contributed by atoms with Crippen LogP contribution < -0.4 is 10.6 Å². The second kappa shape index (κ2) is 6.58. The maximum Gasteiger partial charge on any atom is 0.239 e. The van der Waals surface area contributed by atoms with Gasteiger partial charge in [0, 0.05) is 18.0 Å². The SMILES string of the molecule is Cc1sc2ncnc(NCC(=O)NCC3CCCO3)c2c1C. The number of nitrogens with zero attached hydrogens (tertiary/aromatic N) is 2. The molecule has 7 heteroatoms. The van der Waals surface area contributed by atoms with Crippen LogP contribution in [0, 0.1) is 13.8 Å². The maximum atomic E-state index is 11.9. The van der Waals surface area contributed by atoms with Crippen molar-refractivity contribution in [2.45, 2.75) is 32.8 Å². The van der Waals surface area contributed by atoms with Crippen LogP contribution in [0.3, 0.4) is 0 Å². The third-order valence-electron chi connectivity index (χ3n) is 3.93. The summed E-state index contributed by atoms with van der Waals surface area (Å²) in [5.41, 5.74) is 1.17. The molecule has 0 aromatic carbocycles. The van der Waals surface area contributed by atoms with E-state index in [0.717, 1.165) is 35.5 Å². The first-order valence-electron chi connectivity index (χ1n) is 7.48. The molecule has 0 saturated carbocycles. The van der Waals surface area contributed by atoms with Gasteiger partial charge in [0.15, 0.2) is 0 Å². The number of rotatable bonds is 5. The van der Waals surface area contributed by atoms with Gasteiger partial charge in [-0.05, 0) is 32.3 Å². The molecule has 22 heavy (non-hydrogen) atoms. The molecule has 1 unspecified atom stereocenters. The Morgan fingerprint density at radius 2 is 2.32 bits per heavy atom. The van der Waals surface area contributed by atoms with Gasteiger partial charge in [-0.15, -0.1) is 11.3 Å². The minimum absolute atomic E-state index is 0.0492. The van der Waals surface area contributed by atoms with Crippen LogP contribution in [0.15, 0.2) is 6.33 Å². The monoisotopic (exact) mass is 320 g/mol. The Bertz CT molecular complexity index is 679. The molecule has 1 amide bonds. The van der Waals surface area contributed by atoms with Crippen LogP contribution in [-0.2, 0) is 9.53 Å². The molecular formula is C15H20N4O2S. The summed E-state index contributed by atoms with van der Waals surface area (Å²) in [5.74, 6) is 0.672. The van der Waals surface area contributed by atoms with Gasteiger partial charge >= 0.3 is 0 Å². The van der Waals surface area contributed by atoms with E-state index in [1.165, 1.54) is 16.8 Å². The summed E-state index contributed by atoms with van der Waals surface area (Å²) < 4.78 is 5.49. The lowest BCUT2D eigenvalue weighted by Gasteiger charge is -2.11. The number of fused-ring (bicyclic) bond motifs is 1. The van der Waals surface area contributed by atoms with Crippen LogP contribution in [0.1, 0.15) is 23.3 Å². The summed E-state index contributed by atoms with van der Waals surface area (Å²) in [6, 6.07) is 0. The molecule has 0 spiro atoms. The first-order chi connectivity index (χ1) is 10.6. The number of carbonyl (C=O) groups excluding carboxylic acids is 1. The highest BCUT2D eigenvalue weighted by molar-refractivity contribution is 7.18. The quantitative estimate of drug-likeness (QED) is 0.881. The van der Waals surface area contributed by atoms with Crippen molar-refractivity contribution < 1.29 is 9.53 Å². The van der Waals surface area contributed by atoms with Crippen LogP contribution >= 0.6 is 11.3 Å². The normalized spacial score (nSPS) is 17.8. The maximum absolute atomic E-state index is 11.9. The van der Waals surface area contributed by atoms with Crippen LogP contribution in [-0.4, -0.2) is 41.7 Å². The Morgan fingerprint density at radius 1 is 1.45 bits per heavy atom. The van der Waals surface area contributed by atoms with E-state index in [1.54, 1.807) is 11.3 Å². The lowest BCUT2D eigenvalue weighted by atomic mass is 10.2. The van der Waals surface area contributed by atoms with E-state index in [1.807, 2.05) is 0 Å². The van der Waals surface area contributed by atoms with E-state index in [9.17, 15) is 4.79 Å². The first-order valence-corrected chi connectivity index (χ1v) is 8.29. The number of aromatic nitrogens is 2. The highest BCUT2D eigenvalue weighted by Gasteiger charge is 2.16. The number of nitrogens with one attached hydrogen (secondary N) is 2. The van der Waals surface area contributed by atoms with E-state index in [0.29, 0.717) is 6.54 Å². The molecule has 118 valence electrons. The lowest BCUT2D eigenvalue weighted by molar-refractivity contribution is -0.119. The fraction of sp³-hybridized carbons (Fsp3) is 0.533. The summed E-state index contributed by atoms with van der Waals surface area (Å²) in [5, 5.41) is 7.03. The zero-order valence-electron chi connectivity index (χ0n) is 12.8. The Labute approximate surface area is 133 Å². The van der Waals surface area contributed by atoms with Crippen molar-refractivity contribution in [1.82, 2.24) is 15.3 Å². The molecule has 3 rings (SSSR count). The third kappa shape index (κ3) is 3.20. The van der Waals surface area contributed by atoms with Gasteiger partial charge in [0.2, 0.25) is 5.91 Å². The van der Waals surface area contributed by atoms with E-state index in [2.05, 4.69) is 34.4 Å². The molecule has 6 nitrogen and oxygen atoms in total. The predicted octanol–water partition coefficient (Wildman–Crippen LogP) is 2.02. The zero-order chi connectivity index (χ0) is 15.5. The lowest BCUT2D eigenvalue weighted by Crippen LogP contribution is -2.35. The standard InChI is InChI=1S/C15H20N4O2S/c1-9-10(2)22-15-13(9)14(18-8-19-15)17-7-12(20)16-6-11-4-3-5-21-11/h8,11H,3-7H2,1-2H3,(H,16,20)(H,17,18,19). The molecule has 0 bridgehead atoms. The molecule has 1 atom stereocenters. The molecule has 1 aliphatic heterocycles. The van der Waals surface area contributed by atoms with Gasteiger partial charge in [-0.3, -0.25) is 4.79 Å². The van der Waals surface area contributed by atoms with Crippen molar-refractivity contribution in [1.29, 1.82) is 0 Å². The van der Waals surface area contributed by atoms with Crippen molar-refractivity contribution >= 4 is 33.3 Å². The van der Waals surface area contributed by atoms with Crippen LogP contribution in [0.25, 0.3) is 10.2 Å². The van der Waals surface area contributed by atoms with Gasteiger partial charge in [0.25, 0.3) is 0 Å². The summed E-state index contributed by atoms with van der Waals surface area (Å²) in [6.45, 7) is 5.71. The number of thiophene rings is 1. The van der Waals surface area contributed by atoms with Gasteiger partial charge in [-0.25, -0.2) is 9.97 Å². The molecule has 0 aliphatic carbocycles. The van der Waals surface area contributed by atoms with Crippen LogP contribution in [0.2, 0.25) is 0 Å². The Morgan fingerprint density at radius 3 is 3.09 bits per heavy atom. The minimum atomic E-state index is -0.0492. The molecule has 2 N–H and O–H groups in total. The fourth-order valence-corrected chi connectivity index (χ4v) is 3.57. The van der Waals surface area contributed by atoms with Crippen molar-refractivity contribution in [3.8, 4) is 0 Å². The highest BCUT2D eigenvalue weighted by atomic mass is 32.1. The van der Waals surface area contributed by atoms with Crippen molar-refractivity contribution in [2.24, 2.45) is 0 Å². The summed E-state index contributed by atoms with van der Waals surface area (Å²) in [6.07, 6.45) is 3.79. The van der Waals surface area contributed by atoms with Crippen LogP contribution in [0.5, 0.6) is 0 Å². The number of ether oxygens (including phenoxy) is 1. The van der Waals surface area contributed by atoms with Crippen LogP contribution in [0.4, 0.5) is 5.82 Å². The number of aryl methyl sites for hydroxylation is 2. The molecular weight excluding hydrogens is 300 g/mol. The summed E-state index contributed by atoms with van der Waals surface area (Å²) in [4.78, 5) is 22.7. The largest absolute Gasteiger partial charge is 0.376 e. The predicted molar refractivity (Wildman–Crippen MR) is 87.4 cm³/mol. The number of amides is 1. The van der Waals surface area contributed by atoms with E-state index >= 15 is 0 Å². The number of hydrogen-bond donors (Lipinski definition) is 2. The van der Waals surface area contributed by atoms with Crippen molar-refractivity contribution in [3.05, 3.63) is 16.8 Å². The fourth-order valence-electron chi connectivity index (χ4n) is 2.58. The average Bonchev–Trinajstić information content (AvgIpc) is 3.12. The van der Waals surface area contributed by atoms with Gasteiger partial charge in [0.05, 0.1) is 18.0 Å². The highest BCUT2D eigenvalue weighted by Crippen LogP contribution is 2.32. The Balaban J connectivity index is 1.60. The molecule has 0 radical (unpaired) electrons. The Hall–Kier alpha value is -1.73. The molecule has 1 saturated heterocycles. The van der Waals surface area contributed by atoms with Gasteiger partial charge in [-0.1, -0.05) is 0 Å². The average molecular weight is 320 g/mol. The number of carbonyl (C=O) groups is 1. The second-order valence-corrected chi connectivity index (χ2v) is 6.68. The van der Waals surface area contributed by atoms with Crippen molar-refractivity contribution in [3.63, 3.8) is 0 Å². The first kappa shape index (κ1) is 15.2. The molecule has 1 fully saturated rings. The van der Waals surface area contributed by atoms with Gasteiger partial charge < -0.3 is 15.4 Å². The summed E-state index contributed by atoms with van der Waals surface area (Å²) in [7, 11) is 0. The number of anilines is 1. The van der Waals surface area contributed by atoms with Crippen molar-refractivity contribution in [2.75, 3.05) is 25.0 Å². The smallest absolute Gasteiger partial charge is 0.239 e. The molecule has 3 heterocycles. The molecule has 2 aromatic heterocycles. The van der Waals surface area contributed by atoms with Gasteiger partial charge in [0.1, 0.15) is 17.0 Å². The Kier molecular flexibility index (Phi) is 4.54. The number of hydrogen-bond acceptors (Lipinski definition) is 6. The topological polar surface area (TPSA) is 76.1 Å². The molecule has 2 aromatic rings. The second-order valence-electron chi connectivity index (χ2n) is 5.48. The van der Waals surface area contributed by atoms with E-state index in [4.69, 9.17) is 4.74 Å². The van der Waals surface area contributed by atoms with Gasteiger partial charge in [-0.2, -0.15) is 0 Å². The van der Waals surface area contributed by atoms with E-state index < -0.39 is 0 Å². The summed E-state index contributed by atoms with van der Waals surface area (Å²) >= 11 is 1.65. The molecule has 1 aliphatic rings. The van der Waals surface area contributed by atoms with E-state index in [-0.39, 0.29) is 18.6 Å². The minimum Gasteiger partial charge on any atom is -0.376 e. The zero-order valence-corrected chi connectivity index (χ0v) is 13.6. The third-order valence-corrected chi connectivity index (χ3v) is 5.05.